The van der Waals surface area contributed by atoms with E-state index in [4.69, 9.17) is 9.47 Å². The molecule has 0 saturated carbocycles. The Morgan fingerprint density at radius 2 is 2.00 bits per heavy atom. The molecule has 0 amide bonds. The first-order chi connectivity index (χ1) is 3.43. The van der Waals surface area contributed by atoms with Gasteiger partial charge in [0.25, 0.3) is 0 Å². The van der Waals surface area contributed by atoms with Crippen LogP contribution in [0.3, 0.4) is 0 Å². The van der Waals surface area contributed by atoms with Crippen molar-refractivity contribution in [2.75, 3.05) is 13.2 Å². The molecule has 0 N–H and O–H groups in total. The molecule has 1 rings (SSSR count). The van der Waals surface area contributed by atoms with Crippen LogP contribution in [-0.2, 0) is 27.8 Å². The van der Waals surface area contributed by atoms with Crippen molar-refractivity contribution < 1.29 is 27.8 Å². The normalized spacial score (nSPS) is 23.7. The summed E-state index contributed by atoms with van der Waals surface area (Å²) in [6.45, 7) is 1.59. The average Bonchev–Trinajstić information content (AvgIpc) is 2.14. The Bertz CT molecular complexity index is 51.7. The summed E-state index contributed by atoms with van der Waals surface area (Å²) in [5.74, 6) is 0. The summed E-state index contributed by atoms with van der Waals surface area (Å²) in [5.41, 5.74) is 0. The summed E-state index contributed by atoms with van der Waals surface area (Å²) in [6, 6.07) is 0. The van der Waals surface area contributed by atoms with Crippen LogP contribution in [0.25, 0.3) is 0 Å². The van der Waals surface area contributed by atoms with E-state index in [-0.39, 0.29) is 6.29 Å². The molecule has 0 unspecified atom stereocenters. The zero-order valence-corrected chi connectivity index (χ0v) is 7.19. The number of hydrogen-bond donors (Lipinski definition) is 0. The van der Waals surface area contributed by atoms with E-state index in [1.165, 1.54) is 18.3 Å². The van der Waals surface area contributed by atoms with Crippen molar-refractivity contribution in [2.24, 2.45) is 0 Å². The molecular weight excluding hydrogens is 145 g/mol. The second kappa shape index (κ2) is 2.75. The molecule has 1 heterocycles. The fourth-order valence-corrected chi connectivity index (χ4v) is 1.27. The van der Waals surface area contributed by atoms with Gasteiger partial charge in [0.05, 0.1) is 0 Å². The topological polar surface area (TPSA) is 18.5 Å². The van der Waals surface area contributed by atoms with Crippen molar-refractivity contribution >= 4 is 0 Å². The molecule has 7 heavy (non-hydrogen) atoms. The molecule has 1 aliphatic rings. The van der Waals surface area contributed by atoms with Crippen LogP contribution < -0.4 is 0 Å². The van der Waals surface area contributed by atoms with Crippen LogP contribution in [0.1, 0.15) is 0 Å². The molecule has 0 aromatic heterocycles. The molecular formula is C4H7O2Zn. The summed E-state index contributed by atoms with van der Waals surface area (Å²) >= 11 is 1.27. The van der Waals surface area contributed by atoms with E-state index >= 15 is 0 Å². The number of rotatable bonds is 1. The first-order valence-corrected chi connectivity index (χ1v) is 4.56. The van der Waals surface area contributed by atoms with Crippen LogP contribution >= 0.6 is 0 Å². The maximum atomic E-state index is 5.11. The second-order valence-corrected chi connectivity index (χ2v) is 2.67. The molecule has 2 nitrogen and oxygen atoms in total. The van der Waals surface area contributed by atoms with Gasteiger partial charge in [-0.15, -0.1) is 0 Å². The third kappa shape index (κ3) is 1.48. The van der Waals surface area contributed by atoms with Crippen molar-refractivity contribution in [3.05, 3.63) is 0 Å². The summed E-state index contributed by atoms with van der Waals surface area (Å²) in [7, 11) is 0. The van der Waals surface area contributed by atoms with Gasteiger partial charge in [0, 0.05) is 0 Å². The predicted octanol–water partition coefficient (Wildman–Crippen LogP) is 0.324. The average molecular weight is 152 g/mol. The zero-order chi connectivity index (χ0) is 5.11. The van der Waals surface area contributed by atoms with Crippen LogP contribution in [0.5, 0.6) is 0 Å². The van der Waals surface area contributed by atoms with Gasteiger partial charge >= 0.3 is 52.3 Å². The van der Waals surface area contributed by atoms with E-state index < -0.39 is 0 Å². The van der Waals surface area contributed by atoms with Crippen molar-refractivity contribution in [1.29, 1.82) is 0 Å². The van der Waals surface area contributed by atoms with Crippen molar-refractivity contribution in [2.45, 2.75) is 11.3 Å². The molecule has 0 bridgehead atoms. The summed E-state index contributed by atoms with van der Waals surface area (Å²) in [4.78, 5) is 0. The summed E-state index contributed by atoms with van der Waals surface area (Å²) < 4.78 is 10.2. The van der Waals surface area contributed by atoms with Gasteiger partial charge in [0.1, 0.15) is 0 Å². The van der Waals surface area contributed by atoms with Crippen molar-refractivity contribution in [3.8, 4) is 0 Å². The Morgan fingerprint density at radius 1 is 1.43 bits per heavy atom. The standard InChI is InChI=1S/C4H7O2.Zn/c1-4-5-2-3-6-4;/h4H,1-3H2;. The van der Waals surface area contributed by atoms with E-state index in [2.05, 4.69) is 0 Å². The van der Waals surface area contributed by atoms with Crippen LogP contribution in [0.4, 0.5) is 0 Å². The van der Waals surface area contributed by atoms with Crippen molar-refractivity contribution in [1.82, 2.24) is 0 Å². The maximum absolute atomic E-state index is 5.11. The third-order valence-corrected chi connectivity index (χ3v) is 1.92. The number of ether oxygens (including phenoxy) is 2. The Kier molecular flexibility index (Phi) is 2.23. The Balaban J connectivity index is 2.14. The molecule has 1 fully saturated rings. The van der Waals surface area contributed by atoms with E-state index in [1.807, 2.05) is 0 Å². The second-order valence-electron chi connectivity index (χ2n) is 1.46. The SMILES string of the molecule is [Zn][CH2]C1OCCO1. The van der Waals surface area contributed by atoms with Crippen LogP contribution in [0.15, 0.2) is 0 Å². The van der Waals surface area contributed by atoms with E-state index in [9.17, 15) is 0 Å². The fraction of sp³-hybridized carbons (Fsp3) is 1.00. The van der Waals surface area contributed by atoms with Gasteiger partial charge in [-0.3, -0.25) is 0 Å². The Labute approximate surface area is 52.9 Å². The molecule has 0 aromatic carbocycles. The summed E-state index contributed by atoms with van der Waals surface area (Å²) in [5, 5.41) is 1.10. The Morgan fingerprint density at radius 3 is 2.29 bits per heavy atom. The van der Waals surface area contributed by atoms with E-state index in [0.717, 1.165) is 18.2 Å². The molecule has 3 heteroatoms. The Hall–Kier alpha value is 0.543. The van der Waals surface area contributed by atoms with Gasteiger partial charge in [-0.1, -0.05) is 0 Å². The molecule has 0 radical (unpaired) electrons. The fourth-order valence-electron chi connectivity index (χ4n) is 0.574. The van der Waals surface area contributed by atoms with Gasteiger partial charge < -0.3 is 0 Å². The predicted molar refractivity (Wildman–Crippen MR) is 20.5 cm³/mol. The third-order valence-electron chi connectivity index (χ3n) is 0.927. The van der Waals surface area contributed by atoms with E-state index in [1.54, 1.807) is 0 Å². The monoisotopic (exact) mass is 151 g/mol. The van der Waals surface area contributed by atoms with Crippen molar-refractivity contribution in [3.63, 3.8) is 0 Å². The molecule has 0 spiro atoms. The van der Waals surface area contributed by atoms with Crippen LogP contribution in [0, 0.1) is 0 Å². The number of hydrogen-bond acceptors (Lipinski definition) is 2. The first-order valence-electron chi connectivity index (χ1n) is 2.46. The molecule has 0 aliphatic carbocycles. The van der Waals surface area contributed by atoms with E-state index in [0.29, 0.717) is 0 Å². The van der Waals surface area contributed by atoms with Gasteiger partial charge in [-0.25, -0.2) is 0 Å². The quantitative estimate of drug-likeness (QED) is 0.504. The molecule has 1 aliphatic heterocycles. The minimum atomic E-state index is 0.153. The molecule has 1 saturated heterocycles. The zero-order valence-electron chi connectivity index (χ0n) is 4.22. The minimum absolute atomic E-state index is 0.153. The molecule has 0 aromatic rings. The van der Waals surface area contributed by atoms with Gasteiger partial charge in [0.2, 0.25) is 0 Å². The van der Waals surface area contributed by atoms with Gasteiger partial charge in [-0.2, -0.15) is 0 Å². The van der Waals surface area contributed by atoms with Crippen LogP contribution in [0.2, 0.25) is 5.02 Å². The molecule has 0 atom stereocenters. The van der Waals surface area contributed by atoms with Gasteiger partial charge in [-0.05, 0) is 0 Å². The van der Waals surface area contributed by atoms with Crippen LogP contribution in [-0.4, -0.2) is 19.5 Å². The molecule has 37 valence electrons. The van der Waals surface area contributed by atoms with Gasteiger partial charge in [0.15, 0.2) is 0 Å². The first kappa shape index (κ1) is 5.68. The summed E-state index contributed by atoms with van der Waals surface area (Å²) in [6.07, 6.45) is 0.153.